The first-order valence-electron chi connectivity index (χ1n) is 10.2. The van der Waals surface area contributed by atoms with Crippen molar-refractivity contribution in [3.63, 3.8) is 0 Å². The van der Waals surface area contributed by atoms with Crippen molar-refractivity contribution in [3.05, 3.63) is 74.3 Å². The number of carbonyl (C=O) groups excluding carboxylic acids is 1. The van der Waals surface area contributed by atoms with Crippen molar-refractivity contribution in [3.8, 4) is 5.69 Å². The normalized spacial score (nSPS) is 11.3. The van der Waals surface area contributed by atoms with Crippen molar-refractivity contribution in [2.75, 3.05) is 5.32 Å². The number of aryl methyl sites for hydroxylation is 3. The summed E-state index contributed by atoms with van der Waals surface area (Å²) < 4.78 is 2.97. The minimum atomic E-state index is -0.292. The van der Waals surface area contributed by atoms with Crippen LogP contribution in [0.1, 0.15) is 16.9 Å². The van der Waals surface area contributed by atoms with E-state index < -0.39 is 0 Å². The first-order chi connectivity index (χ1) is 15.9. The highest BCUT2D eigenvalue weighted by molar-refractivity contribution is 7.18. The van der Waals surface area contributed by atoms with Gasteiger partial charge in [-0.1, -0.05) is 12.1 Å². The van der Waals surface area contributed by atoms with Crippen LogP contribution in [0.3, 0.4) is 0 Å². The highest BCUT2D eigenvalue weighted by Crippen LogP contribution is 2.25. The minimum absolute atomic E-state index is 0.0847. The van der Waals surface area contributed by atoms with Crippen molar-refractivity contribution in [2.45, 2.75) is 26.8 Å². The number of hydrogen-bond donors (Lipinski definition) is 2. The van der Waals surface area contributed by atoms with Crippen LogP contribution in [0.25, 0.3) is 26.9 Å². The van der Waals surface area contributed by atoms with E-state index in [0.29, 0.717) is 32.6 Å². The van der Waals surface area contributed by atoms with E-state index in [0.717, 1.165) is 10.4 Å². The molecule has 4 aromatic heterocycles. The summed E-state index contributed by atoms with van der Waals surface area (Å²) in [6, 6.07) is 7.10. The molecule has 2 N–H and O–H groups in total. The van der Waals surface area contributed by atoms with Crippen LogP contribution in [-0.2, 0) is 11.3 Å². The lowest BCUT2D eigenvalue weighted by molar-refractivity contribution is -0.116. The molecule has 33 heavy (non-hydrogen) atoms. The van der Waals surface area contributed by atoms with Crippen LogP contribution in [0.15, 0.2) is 52.7 Å². The van der Waals surface area contributed by atoms with Crippen LogP contribution < -0.4 is 16.4 Å². The maximum Gasteiger partial charge on any atom is 0.262 e. The summed E-state index contributed by atoms with van der Waals surface area (Å²) in [5.41, 5.74) is 1.96. The fraction of sp³-hybridized carbons (Fsp3) is 0.182. The molecule has 5 aromatic rings. The lowest BCUT2D eigenvalue weighted by Crippen LogP contribution is -2.24. The molecule has 0 spiro atoms. The second-order valence-electron chi connectivity index (χ2n) is 7.55. The summed E-state index contributed by atoms with van der Waals surface area (Å²) in [6.45, 7) is 4.07. The average Bonchev–Trinajstić information content (AvgIpc) is 3.36. The molecule has 0 fully saturated rings. The first kappa shape index (κ1) is 20.8. The SMILES string of the molecule is Cc1sc2ncn(CCC(=O)Nc3ccccc3-n3ncc4c(=O)[nH]cnc43)c(=O)c2c1C. The molecular weight excluding hydrogens is 442 g/mol. The summed E-state index contributed by atoms with van der Waals surface area (Å²) in [7, 11) is 0. The van der Waals surface area contributed by atoms with E-state index in [1.807, 2.05) is 13.8 Å². The van der Waals surface area contributed by atoms with Gasteiger partial charge in [-0.15, -0.1) is 11.3 Å². The highest BCUT2D eigenvalue weighted by atomic mass is 32.1. The Morgan fingerprint density at radius 1 is 1.18 bits per heavy atom. The standard InChI is InChI=1S/C22H19N7O3S/c1-12-13(2)33-21-18(12)22(32)28(11-25-21)8-7-17(30)27-15-5-3-4-6-16(15)29-19-14(9-26-29)20(31)24-10-23-19/h3-6,9-11H,7-8H2,1-2H3,(H,27,30)(H,23,24,31). The van der Waals surface area contributed by atoms with Gasteiger partial charge in [-0.2, -0.15) is 5.10 Å². The number of amides is 1. The van der Waals surface area contributed by atoms with Crippen LogP contribution in [0, 0.1) is 13.8 Å². The second-order valence-corrected chi connectivity index (χ2v) is 8.75. The molecule has 0 radical (unpaired) electrons. The minimum Gasteiger partial charge on any atom is -0.324 e. The van der Waals surface area contributed by atoms with Crippen molar-refractivity contribution in [1.29, 1.82) is 0 Å². The van der Waals surface area contributed by atoms with Crippen molar-refractivity contribution < 1.29 is 4.79 Å². The summed E-state index contributed by atoms with van der Waals surface area (Å²) in [5, 5.41) is 8.10. The van der Waals surface area contributed by atoms with E-state index in [2.05, 4.69) is 25.4 Å². The lowest BCUT2D eigenvalue weighted by atomic mass is 10.2. The van der Waals surface area contributed by atoms with Crippen molar-refractivity contribution in [2.24, 2.45) is 0 Å². The monoisotopic (exact) mass is 461 g/mol. The average molecular weight is 462 g/mol. The van der Waals surface area contributed by atoms with Crippen LogP contribution in [0.4, 0.5) is 5.69 Å². The zero-order valence-corrected chi connectivity index (χ0v) is 18.6. The molecule has 166 valence electrons. The third kappa shape index (κ3) is 3.61. The van der Waals surface area contributed by atoms with Crippen molar-refractivity contribution >= 4 is 44.2 Å². The van der Waals surface area contributed by atoms with E-state index in [1.165, 1.54) is 39.4 Å². The largest absolute Gasteiger partial charge is 0.324 e. The van der Waals surface area contributed by atoms with Crippen LogP contribution in [0.2, 0.25) is 0 Å². The third-order valence-electron chi connectivity index (χ3n) is 5.51. The molecule has 0 aliphatic rings. The van der Waals surface area contributed by atoms with Gasteiger partial charge in [0, 0.05) is 17.8 Å². The predicted molar refractivity (Wildman–Crippen MR) is 126 cm³/mol. The van der Waals surface area contributed by atoms with Gasteiger partial charge < -0.3 is 10.3 Å². The highest BCUT2D eigenvalue weighted by Gasteiger charge is 2.15. The zero-order chi connectivity index (χ0) is 23.1. The Morgan fingerprint density at radius 2 is 2.00 bits per heavy atom. The van der Waals surface area contributed by atoms with Gasteiger partial charge in [0.2, 0.25) is 5.91 Å². The summed E-state index contributed by atoms with van der Waals surface area (Å²) >= 11 is 1.49. The Bertz CT molecular complexity index is 1640. The molecule has 0 saturated carbocycles. The first-order valence-corrected chi connectivity index (χ1v) is 11.0. The molecule has 4 heterocycles. The Labute approximate surface area is 190 Å². The Hall–Kier alpha value is -4.12. The fourth-order valence-corrected chi connectivity index (χ4v) is 4.65. The maximum atomic E-state index is 12.8. The molecule has 0 aliphatic heterocycles. The molecule has 10 nitrogen and oxygen atoms in total. The fourth-order valence-electron chi connectivity index (χ4n) is 3.66. The van der Waals surface area contributed by atoms with Gasteiger partial charge >= 0.3 is 0 Å². The summed E-state index contributed by atoms with van der Waals surface area (Å²) in [6.07, 6.45) is 4.31. The van der Waals surface area contributed by atoms with Gasteiger partial charge in [-0.05, 0) is 31.5 Å². The van der Waals surface area contributed by atoms with E-state index in [4.69, 9.17) is 0 Å². The number of para-hydroxylation sites is 2. The van der Waals surface area contributed by atoms with Crippen molar-refractivity contribution in [1.82, 2.24) is 29.3 Å². The van der Waals surface area contributed by atoms with Gasteiger partial charge in [0.05, 0.1) is 35.6 Å². The number of nitrogens with zero attached hydrogens (tertiary/aromatic N) is 5. The number of carbonyl (C=O) groups is 1. The number of anilines is 1. The molecule has 5 rings (SSSR count). The Kier molecular flexibility index (Phi) is 5.09. The van der Waals surface area contributed by atoms with E-state index in [9.17, 15) is 14.4 Å². The summed E-state index contributed by atoms with van der Waals surface area (Å²) in [5.74, 6) is -0.269. The Morgan fingerprint density at radius 3 is 2.85 bits per heavy atom. The number of rotatable bonds is 5. The second kappa shape index (κ2) is 8.10. The smallest absolute Gasteiger partial charge is 0.262 e. The van der Waals surface area contributed by atoms with Gasteiger partial charge in [0.1, 0.15) is 10.2 Å². The Balaban J connectivity index is 1.38. The molecule has 0 atom stereocenters. The lowest BCUT2D eigenvalue weighted by Gasteiger charge is -2.12. The number of hydrogen-bond acceptors (Lipinski definition) is 7. The van der Waals surface area contributed by atoms with Gasteiger partial charge in [0.25, 0.3) is 11.1 Å². The summed E-state index contributed by atoms with van der Waals surface area (Å²) in [4.78, 5) is 50.4. The number of nitrogens with one attached hydrogen (secondary N) is 2. The zero-order valence-electron chi connectivity index (χ0n) is 17.8. The van der Waals surface area contributed by atoms with E-state index >= 15 is 0 Å². The van der Waals surface area contributed by atoms with Gasteiger partial charge in [-0.25, -0.2) is 14.6 Å². The molecular formula is C22H19N7O3S. The predicted octanol–water partition coefficient (Wildman–Crippen LogP) is 2.53. The van der Waals surface area contributed by atoms with E-state index in [-0.39, 0.29) is 30.0 Å². The number of aromatic nitrogens is 6. The van der Waals surface area contributed by atoms with Crippen LogP contribution in [-0.4, -0.2) is 35.2 Å². The van der Waals surface area contributed by atoms with Gasteiger partial charge in [0.15, 0.2) is 5.65 Å². The molecule has 0 aliphatic carbocycles. The quantitative estimate of drug-likeness (QED) is 0.414. The number of H-pyrrole nitrogens is 1. The number of benzene rings is 1. The molecule has 11 heteroatoms. The van der Waals surface area contributed by atoms with Gasteiger partial charge in [-0.3, -0.25) is 19.0 Å². The topological polar surface area (TPSA) is 128 Å². The molecule has 0 unspecified atom stereocenters. The maximum absolute atomic E-state index is 12.8. The molecule has 0 bridgehead atoms. The molecule has 1 amide bonds. The van der Waals surface area contributed by atoms with E-state index in [1.54, 1.807) is 24.3 Å². The molecule has 0 saturated heterocycles. The number of thiophene rings is 1. The number of aromatic amines is 1. The van der Waals surface area contributed by atoms with Crippen LogP contribution >= 0.6 is 11.3 Å². The molecule has 1 aromatic carbocycles. The van der Waals surface area contributed by atoms with Crippen LogP contribution in [0.5, 0.6) is 0 Å². The third-order valence-corrected chi connectivity index (χ3v) is 6.63. The number of fused-ring (bicyclic) bond motifs is 2.